The number of benzene rings is 2. The first-order valence-corrected chi connectivity index (χ1v) is 8.72. The zero-order chi connectivity index (χ0) is 19.6. The molecule has 3 aromatic rings. The lowest BCUT2D eigenvalue weighted by Crippen LogP contribution is -1.96. The molecule has 0 aliphatic rings. The minimum Gasteiger partial charge on any atom is -0.506 e. The van der Waals surface area contributed by atoms with Gasteiger partial charge in [-0.2, -0.15) is 10.4 Å². The van der Waals surface area contributed by atoms with Gasteiger partial charge in [0.25, 0.3) is 0 Å². The van der Waals surface area contributed by atoms with Gasteiger partial charge in [-0.25, -0.2) is 4.68 Å². The van der Waals surface area contributed by atoms with Crippen molar-refractivity contribution in [2.45, 2.75) is 6.92 Å². The molecule has 1 N–H and O–H groups in total. The molecule has 0 spiro atoms. The summed E-state index contributed by atoms with van der Waals surface area (Å²) in [5, 5.41) is 23.5. The number of nitrogens with zero attached hydrogens (tertiary/aromatic N) is 3. The molecule has 5 nitrogen and oxygen atoms in total. The smallest absolute Gasteiger partial charge is 0.225 e. The SMILES string of the molecule is Cc1nn(C)c(Oc2cc(O)c(Cl)cc2Cl)c1/C=C/c1ccc(C#N)cc1. The topological polar surface area (TPSA) is 71.1 Å². The Hall–Kier alpha value is -2.94. The summed E-state index contributed by atoms with van der Waals surface area (Å²) in [5.41, 5.74) is 3.08. The third-order valence-electron chi connectivity index (χ3n) is 3.90. The maximum absolute atomic E-state index is 9.81. The number of phenolic OH excluding ortho intramolecular Hbond substituents is 1. The predicted octanol–water partition coefficient (Wildman–Crippen LogP) is 5.58. The van der Waals surface area contributed by atoms with Gasteiger partial charge in [-0.15, -0.1) is 0 Å². The van der Waals surface area contributed by atoms with Crippen molar-refractivity contribution in [3.8, 4) is 23.4 Å². The number of aromatic nitrogens is 2. The van der Waals surface area contributed by atoms with Gasteiger partial charge in [-0.05, 0) is 36.8 Å². The van der Waals surface area contributed by atoms with Gasteiger partial charge in [0.05, 0.1) is 32.9 Å². The van der Waals surface area contributed by atoms with E-state index in [4.69, 9.17) is 33.2 Å². The Kier molecular flexibility index (Phi) is 5.41. The Morgan fingerprint density at radius 2 is 1.85 bits per heavy atom. The second-order valence-electron chi connectivity index (χ2n) is 5.83. The van der Waals surface area contributed by atoms with Crippen LogP contribution >= 0.6 is 23.2 Å². The van der Waals surface area contributed by atoms with E-state index in [2.05, 4.69) is 11.2 Å². The van der Waals surface area contributed by atoms with Gasteiger partial charge in [0, 0.05) is 13.1 Å². The summed E-state index contributed by atoms with van der Waals surface area (Å²) in [5.74, 6) is 0.625. The average molecular weight is 400 g/mol. The Balaban J connectivity index is 1.95. The van der Waals surface area contributed by atoms with Crippen LogP contribution in [0.2, 0.25) is 10.0 Å². The van der Waals surface area contributed by atoms with Crippen LogP contribution in [0.1, 0.15) is 22.4 Å². The second kappa shape index (κ2) is 7.75. The molecule has 7 heteroatoms. The van der Waals surface area contributed by atoms with Crippen molar-refractivity contribution in [2.75, 3.05) is 0 Å². The molecular formula is C20H15Cl2N3O2. The van der Waals surface area contributed by atoms with Crippen LogP contribution in [0.15, 0.2) is 36.4 Å². The van der Waals surface area contributed by atoms with Crippen LogP contribution in [0.4, 0.5) is 0 Å². The third kappa shape index (κ3) is 4.08. The van der Waals surface area contributed by atoms with Crippen molar-refractivity contribution >= 4 is 35.4 Å². The van der Waals surface area contributed by atoms with Gasteiger partial charge < -0.3 is 9.84 Å². The molecule has 0 saturated heterocycles. The van der Waals surface area contributed by atoms with Crippen LogP contribution in [0, 0.1) is 18.3 Å². The number of aryl methyl sites for hydroxylation is 2. The summed E-state index contributed by atoms with van der Waals surface area (Å²) in [6.45, 7) is 1.87. The Morgan fingerprint density at radius 3 is 2.52 bits per heavy atom. The summed E-state index contributed by atoms with van der Waals surface area (Å²) >= 11 is 12.0. The summed E-state index contributed by atoms with van der Waals surface area (Å²) in [4.78, 5) is 0. The molecule has 0 aliphatic heterocycles. The Bertz CT molecular complexity index is 1060. The van der Waals surface area contributed by atoms with Crippen molar-refractivity contribution in [2.24, 2.45) is 7.05 Å². The molecule has 136 valence electrons. The van der Waals surface area contributed by atoms with Crippen LogP contribution in [-0.4, -0.2) is 14.9 Å². The standard InChI is InChI=1S/C20H15Cl2N3O2/c1-12-15(8-7-13-3-5-14(11-23)6-4-13)20(25(2)24-12)27-19-10-18(26)16(21)9-17(19)22/h3-10,26H,1-2H3/b8-7+. The van der Waals surface area contributed by atoms with E-state index in [1.807, 2.05) is 31.2 Å². The summed E-state index contributed by atoms with van der Waals surface area (Å²) in [6.07, 6.45) is 3.78. The molecule has 0 radical (unpaired) electrons. The highest BCUT2D eigenvalue weighted by atomic mass is 35.5. The molecule has 3 rings (SSSR count). The first-order chi connectivity index (χ1) is 12.9. The highest BCUT2D eigenvalue weighted by molar-refractivity contribution is 6.36. The van der Waals surface area contributed by atoms with E-state index in [0.717, 1.165) is 16.8 Å². The van der Waals surface area contributed by atoms with Crippen molar-refractivity contribution in [1.29, 1.82) is 5.26 Å². The zero-order valence-corrected chi connectivity index (χ0v) is 16.1. The summed E-state index contributed by atoms with van der Waals surface area (Å²) < 4.78 is 7.50. The molecule has 1 heterocycles. The molecule has 0 unspecified atom stereocenters. The first-order valence-electron chi connectivity index (χ1n) is 7.96. The van der Waals surface area contributed by atoms with E-state index >= 15 is 0 Å². The largest absolute Gasteiger partial charge is 0.506 e. The number of hydrogen-bond acceptors (Lipinski definition) is 4. The Morgan fingerprint density at radius 1 is 1.15 bits per heavy atom. The highest BCUT2D eigenvalue weighted by Crippen LogP contribution is 2.38. The monoisotopic (exact) mass is 399 g/mol. The highest BCUT2D eigenvalue weighted by Gasteiger charge is 2.16. The number of hydrogen-bond donors (Lipinski definition) is 1. The normalized spacial score (nSPS) is 10.9. The average Bonchev–Trinajstić information content (AvgIpc) is 2.91. The van der Waals surface area contributed by atoms with E-state index < -0.39 is 0 Å². The molecule has 2 aromatic carbocycles. The van der Waals surface area contributed by atoms with Gasteiger partial charge in [0.1, 0.15) is 5.75 Å². The number of aromatic hydroxyl groups is 1. The molecule has 0 amide bonds. The van der Waals surface area contributed by atoms with Crippen molar-refractivity contribution in [3.63, 3.8) is 0 Å². The fraction of sp³-hybridized carbons (Fsp3) is 0.100. The maximum Gasteiger partial charge on any atom is 0.225 e. The van der Waals surface area contributed by atoms with Gasteiger partial charge in [-0.1, -0.05) is 41.4 Å². The fourth-order valence-electron chi connectivity index (χ4n) is 2.52. The van der Waals surface area contributed by atoms with Gasteiger partial charge >= 0.3 is 0 Å². The van der Waals surface area contributed by atoms with Gasteiger partial charge in [0.2, 0.25) is 5.88 Å². The zero-order valence-electron chi connectivity index (χ0n) is 14.6. The predicted molar refractivity (Wildman–Crippen MR) is 106 cm³/mol. The van der Waals surface area contributed by atoms with Crippen molar-refractivity contribution < 1.29 is 9.84 Å². The minimum atomic E-state index is -0.121. The van der Waals surface area contributed by atoms with Gasteiger partial charge in [-0.3, -0.25) is 0 Å². The number of nitriles is 1. The van der Waals surface area contributed by atoms with Crippen LogP contribution in [0.3, 0.4) is 0 Å². The molecule has 27 heavy (non-hydrogen) atoms. The van der Waals surface area contributed by atoms with Crippen LogP contribution in [-0.2, 0) is 7.05 Å². The number of ether oxygens (including phenoxy) is 1. The lowest BCUT2D eigenvalue weighted by molar-refractivity contribution is 0.422. The van der Waals surface area contributed by atoms with E-state index in [1.165, 1.54) is 12.1 Å². The molecule has 0 saturated carbocycles. The van der Waals surface area contributed by atoms with Crippen molar-refractivity contribution in [1.82, 2.24) is 9.78 Å². The van der Waals surface area contributed by atoms with Crippen LogP contribution in [0.5, 0.6) is 17.4 Å². The molecular weight excluding hydrogens is 385 g/mol. The van der Waals surface area contributed by atoms with E-state index in [9.17, 15) is 5.11 Å². The number of halogens is 2. The van der Waals surface area contributed by atoms with Crippen LogP contribution in [0.25, 0.3) is 12.2 Å². The molecule has 0 bridgehead atoms. The Labute approximate surface area is 166 Å². The molecule has 0 aliphatic carbocycles. The van der Waals surface area contributed by atoms with E-state index in [0.29, 0.717) is 11.4 Å². The number of rotatable bonds is 4. The summed E-state index contributed by atoms with van der Waals surface area (Å²) in [6, 6.07) is 12.1. The minimum absolute atomic E-state index is 0.121. The first kappa shape index (κ1) is 18.8. The third-order valence-corrected chi connectivity index (χ3v) is 4.50. The quantitative estimate of drug-likeness (QED) is 0.621. The molecule has 0 fully saturated rings. The molecule has 0 atom stereocenters. The van der Waals surface area contributed by atoms with E-state index in [1.54, 1.807) is 23.9 Å². The number of phenols is 1. The van der Waals surface area contributed by atoms with Crippen LogP contribution < -0.4 is 4.74 Å². The summed E-state index contributed by atoms with van der Waals surface area (Å²) in [7, 11) is 1.76. The fourth-order valence-corrected chi connectivity index (χ4v) is 2.94. The maximum atomic E-state index is 9.81. The van der Waals surface area contributed by atoms with Gasteiger partial charge in [0.15, 0.2) is 5.75 Å². The van der Waals surface area contributed by atoms with Crippen molar-refractivity contribution in [3.05, 3.63) is 68.8 Å². The second-order valence-corrected chi connectivity index (χ2v) is 6.65. The molecule has 1 aromatic heterocycles. The lowest BCUT2D eigenvalue weighted by atomic mass is 10.1. The van der Waals surface area contributed by atoms with E-state index in [-0.39, 0.29) is 21.5 Å². The lowest BCUT2D eigenvalue weighted by Gasteiger charge is -2.10.